The Morgan fingerprint density at radius 3 is 1.89 bits per heavy atom. The minimum absolute atomic E-state index is 0.349. The SMILES string of the molecule is CC1(C)C(C(=O)NC(CC(F)(F)F)C(=O)O)C1(C)C. The predicted octanol–water partition coefficient (Wildman–Crippen LogP) is 2.19. The van der Waals surface area contributed by atoms with Crippen LogP contribution in [0, 0.1) is 16.7 Å². The topological polar surface area (TPSA) is 66.4 Å². The van der Waals surface area contributed by atoms with Crippen molar-refractivity contribution < 1.29 is 27.9 Å². The molecule has 1 unspecified atom stereocenters. The fourth-order valence-electron chi connectivity index (χ4n) is 2.54. The first-order valence-electron chi connectivity index (χ1n) is 5.90. The Hall–Kier alpha value is -1.27. The maximum absolute atomic E-state index is 12.2. The molecule has 0 aromatic heterocycles. The van der Waals surface area contributed by atoms with Gasteiger partial charge in [0.2, 0.25) is 5.91 Å². The fraction of sp³-hybridized carbons (Fsp3) is 0.833. The summed E-state index contributed by atoms with van der Waals surface area (Å²) in [6.45, 7) is 7.32. The summed E-state index contributed by atoms with van der Waals surface area (Å²) in [4.78, 5) is 22.7. The number of alkyl halides is 3. The Kier molecular flexibility index (Phi) is 3.64. The summed E-state index contributed by atoms with van der Waals surface area (Å²) < 4.78 is 36.7. The molecule has 1 amide bonds. The van der Waals surface area contributed by atoms with Crippen LogP contribution < -0.4 is 5.32 Å². The molecule has 0 saturated heterocycles. The van der Waals surface area contributed by atoms with Crippen LogP contribution in [0.15, 0.2) is 0 Å². The summed E-state index contributed by atoms with van der Waals surface area (Å²) in [6, 6.07) is -1.93. The van der Waals surface area contributed by atoms with Gasteiger partial charge in [0, 0.05) is 5.92 Å². The summed E-state index contributed by atoms with van der Waals surface area (Å²) in [6.07, 6.45) is -6.20. The number of amides is 1. The van der Waals surface area contributed by atoms with E-state index in [1.54, 1.807) is 0 Å². The number of carboxylic acid groups (broad SMARTS) is 1. The van der Waals surface area contributed by atoms with E-state index in [-0.39, 0.29) is 10.8 Å². The molecule has 1 atom stereocenters. The van der Waals surface area contributed by atoms with Crippen LogP contribution in [-0.4, -0.2) is 29.2 Å². The number of carbonyl (C=O) groups is 2. The van der Waals surface area contributed by atoms with E-state index in [2.05, 4.69) is 0 Å². The van der Waals surface area contributed by atoms with Crippen LogP contribution in [0.3, 0.4) is 0 Å². The molecular weight excluding hydrogens is 263 g/mol. The van der Waals surface area contributed by atoms with E-state index in [4.69, 9.17) is 5.11 Å². The number of hydrogen-bond donors (Lipinski definition) is 2. The van der Waals surface area contributed by atoms with E-state index in [0.717, 1.165) is 0 Å². The molecule has 0 bridgehead atoms. The van der Waals surface area contributed by atoms with Gasteiger partial charge in [0.05, 0.1) is 6.42 Å². The molecule has 7 heteroatoms. The Labute approximate surface area is 109 Å². The zero-order chi connectivity index (χ0) is 15.2. The van der Waals surface area contributed by atoms with Crippen molar-refractivity contribution >= 4 is 11.9 Å². The van der Waals surface area contributed by atoms with Gasteiger partial charge in [-0.1, -0.05) is 27.7 Å². The van der Waals surface area contributed by atoms with Crippen molar-refractivity contribution in [1.82, 2.24) is 5.32 Å². The van der Waals surface area contributed by atoms with Gasteiger partial charge in [0.25, 0.3) is 0 Å². The number of hydrogen-bond acceptors (Lipinski definition) is 2. The molecule has 1 fully saturated rings. The van der Waals surface area contributed by atoms with E-state index in [0.29, 0.717) is 0 Å². The summed E-state index contributed by atoms with van der Waals surface area (Å²) >= 11 is 0. The molecule has 110 valence electrons. The van der Waals surface area contributed by atoms with Gasteiger partial charge in [-0.2, -0.15) is 13.2 Å². The summed E-state index contributed by atoms with van der Waals surface area (Å²) in [5.74, 6) is -2.79. The van der Waals surface area contributed by atoms with Crippen LogP contribution in [0.4, 0.5) is 13.2 Å². The molecule has 0 aliphatic heterocycles. The number of halogens is 3. The summed E-state index contributed by atoms with van der Waals surface area (Å²) in [7, 11) is 0. The van der Waals surface area contributed by atoms with Crippen molar-refractivity contribution in [3.63, 3.8) is 0 Å². The van der Waals surface area contributed by atoms with Gasteiger partial charge in [0.15, 0.2) is 0 Å². The van der Waals surface area contributed by atoms with Crippen LogP contribution in [0.1, 0.15) is 34.1 Å². The van der Waals surface area contributed by atoms with Crippen molar-refractivity contribution in [1.29, 1.82) is 0 Å². The molecule has 1 saturated carbocycles. The lowest BCUT2D eigenvalue weighted by Crippen LogP contribution is -2.44. The van der Waals surface area contributed by atoms with Gasteiger partial charge >= 0.3 is 12.1 Å². The largest absolute Gasteiger partial charge is 0.480 e. The Morgan fingerprint density at radius 1 is 1.21 bits per heavy atom. The van der Waals surface area contributed by atoms with Gasteiger partial charge < -0.3 is 10.4 Å². The average molecular weight is 281 g/mol. The number of rotatable bonds is 4. The molecule has 19 heavy (non-hydrogen) atoms. The van der Waals surface area contributed by atoms with Gasteiger partial charge in [-0.05, 0) is 10.8 Å². The second kappa shape index (κ2) is 4.38. The van der Waals surface area contributed by atoms with Crippen molar-refractivity contribution in [3.05, 3.63) is 0 Å². The van der Waals surface area contributed by atoms with Gasteiger partial charge in [-0.3, -0.25) is 4.79 Å². The van der Waals surface area contributed by atoms with E-state index in [9.17, 15) is 22.8 Å². The van der Waals surface area contributed by atoms with Crippen LogP contribution in [0.5, 0.6) is 0 Å². The van der Waals surface area contributed by atoms with E-state index < -0.39 is 36.4 Å². The van der Waals surface area contributed by atoms with Crippen molar-refractivity contribution in [2.24, 2.45) is 16.7 Å². The quantitative estimate of drug-likeness (QED) is 0.830. The molecule has 0 aromatic carbocycles. The van der Waals surface area contributed by atoms with E-state index in [1.807, 2.05) is 33.0 Å². The molecule has 4 nitrogen and oxygen atoms in total. The third-order valence-electron chi connectivity index (χ3n) is 4.33. The molecule has 2 N–H and O–H groups in total. The lowest BCUT2D eigenvalue weighted by Gasteiger charge is -2.16. The molecule has 0 aromatic rings. The first kappa shape index (κ1) is 15.8. The highest BCUT2D eigenvalue weighted by Crippen LogP contribution is 2.68. The molecular formula is C12H18F3NO3. The smallest absolute Gasteiger partial charge is 0.391 e. The molecule has 0 heterocycles. The summed E-state index contributed by atoms with van der Waals surface area (Å²) in [5, 5.41) is 10.7. The lowest BCUT2D eigenvalue weighted by atomic mass is 10.0. The van der Waals surface area contributed by atoms with Crippen LogP contribution in [0.2, 0.25) is 0 Å². The fourth-order valence-corrected chi connectivity index (χ4v) is 2.54. The second-order valence-corrected chi connectivity index (χ2v) is 6.10. The Morgan fingerprint density at radius 2 is 1.63 bits per heavy atom. The van der Waals surface area contributed by atoms with Crippen LogP contribution >= 0.6 is 0 Å². The molecule has 0 radical (unpaired) electrons. The zero-order valence-corrected chi connectivity index (χ0v) is 11.3. The first-order chi connectivity index (χ1) is 8.30. The maximum atomic E-state index is 12.2. The number of aliphatic carboxylic acids is 1. The molecule has 1 aliphatic rings. The highest BCUT2D eigenvalue weighted by Gasteiger charge is 2.68. The highest BCUT2D eigenvalue weighted by atomic mass is 19.4. The van der Waals surface area contributed by atoms with Crippen molar-refractivity contribution in [3.8, 4) is 0 Å². The van der Waals surface area contributed by atoms with Crippen LogP contribution in [0.25, 0.3) is 0 Å². The number of nitrogens with one attached hydrogen (secondary N) is 1. The summed E-state index contributed by atoms with van der Waals surface area (Å²) in [5.41, 5.74) is -0.698. The predicted molar refractivity (Wildman–Crippen MR) is 61.3 cm³/mol. The van der Waals surface area contributed by atoms with Crippen LogP contribution in [-0.2, 0) is 9.59 Å². The molecule has 0 spiro atoms. The first-order valence-corrected chi connectivity index (χ1v) is 5.90. The minimum Gasteiger partial charge on any atom is -0.480 e. The van der Waals surface area contributed by atoms with Gasteiger partial charge in [-0.25, -0.2) is 4.79 Å². The average Bonchev–Trinajstić information content (AvgIpc) is 2.53. The molecule has 1 aliphatic carbocycles. The van der Waals surface area contributed by atoms with Crippen molar-refractivity contribution in [2.45, 2.75) is 46.3 Å². The van der Waals surface area contributed by atoms with Gasteiger partial charge in [-0.15, -0.1) is 0 Å². The Balaban J connectivity index is 2.72. The second-order valence-electron chi connectivity index (χ2n) is 6.10. The van der Waals surface area contributed by atoms with E-state index >= 15 is 0 Å². The maximum Gasteiger partial charge on any atom is 0.391 e. The van der Waals surface area contributed by atoms with E-state index in [1.165, 1.54) is 0 Å². The van der Waals surface area contributed by atoms with Gasteiger partial charge in [0.1, 0.15) is 6.04 Å². The third-order valence-corrected chi connectivity index (χ3v) is 4.33. The third kappa shape index (κ3) is 3.01. The standard InChI is InChI=1S/C12H18F3NO3/c1-10(2)7(11(10,3)4)8(17)16-6(9(18)19)5-12(13,14)15/h6-7H,5H2,1-4H3,(H,16,17)(H,18,19). The van der Waals surface area contributed by atoms with Crippen molar-refractivity contribution in [2.75, 3.05) is 0 Å². The normalized spacial score (nSPS) is 22.7. The minimum atomic E-state index is -4.63. The number of carbonyl (C=O) groups excluding carboxylic acids is 1. The Bertz CT molecular complexity index is 388. The monoisotopic (exact) mass is 281 g/mol. The highest BCUT2D eigenvalue weighted by molar-refractivity contribution is 5.88. The zero-order valence-electron chi connectivity index (χ0n) is 11.3. The lowest BCUT2D eigenvalue weighted by molar-refractivity contribution is -0.160. The number of carboxylic acids is 1. The molecule has 1 rings (SSSR count).